The summed E-state index contributed by atoms with van der Waals surface area (Å²) in [6.45, 7) is 5.62. The van der Waals surface area contributed by atoms with Gasteiger partial charge in [0.25, 0.3) is 0 Å². The van der Waals surface area contributed by atoms with Crippen molar-refractivity contribution < 1.29 is 4.79 Å². The number of aryl methyl sites for hydroxylation is 1. The number of likely N-dealkylation sites (tertiary alicyclic amines) is 1. The largest absolute Gasteiger partial charge is 0.355 e. The van der Waals surface area contributed by atoms with E-state index in [0.717, 1.165) is 55.5 Å². The van der Waals surface area contributed by atoms with E-state index < -0.39 is 0 Å². The van der Waals surface area contributed by atoms with Crippen LogP contribution in [-0.4, -0.2) is 36.2 Å². The van der Waals surface area contributed by atoms with Gasteiger partial charge < -0.3 is 5.32 Å². The SMILES string of the molecule is Cc1ccc(CSCCNC(=O)C2CCCN(Cc3ccc(Cl)cc3)C2)cc1. The smallest absolute Gasteiger partial charge is 0.224 e. The van der Waals surface area contributed by atoms with Crippen LogP contribution in [0, 0.1) is 12.8 Å². The average Bonchev–Trinajstić information content (AvgIpc) is 2.71. The van der Waals surface area contributed by atoms with E-state index in [-0.39, 0.29) is 11.8 Å². The predicted octanol–water partition coefficient (Wildman–Crippen LogP) is 4.91. The number of carbonyl (C=O) groups is 1. The van der Waals surface area contributed by atoms with Gasteiger partial charge in [-0.25, -0.2) is 0 Å². The van der Waals surface area contributed by atoms with Crippen molar-refractivity contribution >= 4 is 29.3 Å². The highest BCUT2D eigenvalue weighted by atomic mass is 35.5. The quantitative estimate of drug-likeness (QED) is 0.620. The van der Waals surface area contributed by atoms with Crippen molar-refractivity contribution in [1.29, 1.82) is 0 Å². The molecule has 0 saturated carbocycles. The Morgan fingerprint density at radius 2 is 1.86 bits per heavy atom. The summed E-state index contributed by atoms with van der Waals surface area (Å²) in [6.07, 6.45) is 2.06. The molecule has 0 aliphatic carbocycles. The maximum Gasteiger partial charge on any atom is 0.224 e. The van der Waals surface area contributed by atoms with E-state index in [4.69, 9.17) is 11.6 Å². The molecule has 1 saturated heterocycles. The maximum atomic E-state index is 12.5. The number of hydrogen-bond acceptors (Lipinski definition) is 3. The van der Waals surface area contributed by atoms with Crippen molar-refractivity contribution in [3.63, 3.8) is 0 Å². The molecule has 3 rings (SSSR count). The maximum absolute atomic E-state index is 12.5. The molecule has 2 aromatic carbocycles. The van der Waals surface area contributed by atoms with Crippen LogP contribution in [0.3, 0.4) is 0 Å². The van der Waals surface area contributed by atoms with Crippen molar-refractivity contribution in [3.8, 4) is 0 Å². The van der Waals surface area contributed by atoms with Crippen molar-refractivity contribution in [2.24, 2.45) is 5.92 Å². The number of thioether (sulfide) groups is 1. The Bertz CT molecular complexity index is 748. The van der Waals surface area contributed by atoms with Crippen molar-refractivity contribution in [2.75, 3.05) is 25.4 Å². The Balaban J connectivity index is 1.35. The van der Waals surface area contributed by atoms with Crippen molar-refractivity contribution in [3.05, 3.63) is 70.2 Å². The van der Waals surface area contributed by atoms with Crippen molar-refractivity contribution in [2.45, 2.75) is 32.1 Å². The molecular weight excluding hydrogens is 388 g/mol. The van der Waals surface area contributed by atoms with Gasteiger partial charge in [-0.2, -0.15) is 11.8 Å². The second-order valence-electron chi connectivity index (χ2n) is 7.53. The molecule has 1 atom stereocenters. The minimum Gasteiger partial charge on any atom is -0.355 e. The first-order chi connectivity index (χ1) is 13.6. The van der Waals surface area contributed by atoms with Crippen LogP contribution in [0.25, 0.3) is 0 Å². The van der Waals surface area contributed by atoms with Gasteiger partial charge in [-0.1, -0.05) is 53.6 Å². The Labute approximate surface area is 177 Å². The van der Waals surface area contributed by atoms with E-state index in [1.54, 1.807) is 0 Å². The van der Waals surface area contributed by atoms with Gasteiger partial charge in [-0.15, -0.1) is 0 Å². The molecule has 1 heterocycles. The fourth-order valence-corrected chi connectivity index (χ4v) is 4.47. The first-order valence-electron chi connectivity index (χ1n) is 9.98. The van der Waals surface area contributed by atoms with E-state index in [0.29, 0.717) is 0 Å². The first kappa shape index (κ1) is 21.2. The van der Waals surface area contributed by atoms with Gasteiger partial charge in [0, 0.05) is 36.2 Å². The number of hydrogen-bond donors (Lipinski definition) is 1. The predicted molar refractivity (Wildman–Crippen MR) is 120 cm³/mol. The molecule has 2 aromatic rings. The van der Waals surface area contributed by atoms with Crippen LogP contribution in [0.4, 0.5) is 0 Å². The second kappa shape index (κ2) is 10.9. The molecule has 0 aromatic heterocycles. The molecule has 1 fully saturated rings. The summed E-state index contributed by atoms with van der Waals surface area (Å²) >= 11 is 7.83. The summed E-state index contributed by atoms with van der Waals surface area (Å²) in [5.41, 5.74) is 3.88. The Morgan fingerprint density at radius 3 is 2.61 bits per heavy atom. The number of amides is 1. The highest BCUT2D eigenvalue weighted by Gasteiger charge is 2.25. The van der Waals surface area contributed by atoms with Crippen LogP contribution in [0.1, 0.15) is 29.5 Å². The van der Waals surface area contributed by atoms with Gasteiger partial charge in [0.05, 0.1) is 5.92 Å². The summed E-state index contributed by atoms with van der Waals surface area (Å²) in [5, 5.41) is 3.90. The van der Waals surface area contributed by atoms with Crippen LogP contribution in [-0.2, 0) is 17.1 Å². The number of nitrogens with zero attached hydrogens (tertiary/aromatic N) is 1. The summed E-state index contributed by atoms with van der Waals surface area (Å²) in [6, 6.07) is 16.6. The minimum absolute atomic E-state index is 0.100. The normalized spacial score (nSPS) is 17.4. The molecule has 3 nitrogen and oxygen atoms in total. The van der Waals surface area contributed by atoms with Crippen LogP contribution in [0.2, 0.25) is 5.02 Å². The van der Waals surface area contributed by atoms with E-state index in [1.165, 1.54) is 16.7 Å². The third-order valence-corrected chi connectivity index (χ3v) is 6.41. The molecule has 0 bridgehead atoms. The molecule has 1 amide bonds. The number of piperidine rings is 1. The molecule has 1 aliphatic heterocycles. The van der Waals surface area contributed by atoms with Crippen molar-refractivity contribution in [1.82, 2.24) is 10.2 Å². The number of rotatable bonds is 8. The Kier molecular flexibility index (Phi) is 8.26. The van der Waals surface area contributed by atoms with Gasteiger partial charge in [0.1, 0.15) is 0 Å². The lowest BCUT2D eigenvalue weighted by atomic mass is 9.96. The fraction of sp³-hybridized carbons (Fsp3) is 0.435. The van der Waals surface area contributed by atoms with Gasteiger partial charge >= 0.3 is 0 Å². The monoisotopic (exact) mass is 416 g/mol. The molecule has 5 heteroatoms. The summed E-state index contributed by atoms with van der Waals surface area (Å²) in [5.74, 6) is 2.25. The molecule has 150 valence electrons. The zero-order valence-electron chi connectivity index (χ0n) is 16.5. The first-order valence-corrected chi connectivity index (χ1v) is 11.5. The molecule has 0 radical (unpaired) electrons. The molecule has 28 heavy (non-hydrogen) atoms. The summed E-state index contributed by atoms with van der Waals surface area (Å²) < 4.78 is 0. The van der Waals surface area contributed by atoms with E-state index >= 15 is 0 Å². The van der Waals surface area contributed by atoms with E-state index in [9.17, 15) is 4.79 Å². The van der Waals surface area contributed by atoms with Crippen LogP contribution in [0.15, 0.2) is 48.5 Å². The Hall–Kier alpha value is -1.49. The summed E-state index contributed by atoms with van der Waals surface area (Å²) in [4.78, 5) is 14.9. The second-order valence-corrected chi connectivity index (χ2v) is 9.07. The van der Waals surface area contributed by atoms with Gasteiger partial charge in [-0.05, 0) is 49.6 Å². The lowest BCUT2D eigenvalue weighted by Gasteiger charge is -2.32. The fourth-order valence-electron chi connectivity index (χ4n) is 3.53. The van der Waals surface area contributed by atoms with Crippen LogP contribution in [0.5, 0.6) is 0 Å². The highest BCUT2D eigenvalue weighted by Crippen LogP contribution is 2.20. The molecule has 0 spiro atoms. The molecular formula is C23H29ClN2OS. The molecule has 1 unspecified atom stereocenters. The van der Waals surface area contributed by atoms with Crippen LogP contribution >= 0.6 is 23.4 Å². The zero-order valence-corrected chi connectivity index (χ0v) is 18.1. The van der Waals surface area contributed by atoms with Gasteiger partial charge in [-0.3, -0.25) is 9.69 Å². The number of halogens is 1. The summed E-state index contributed by atoms with van der Waals surface area (Å²) in [7, 11) is 0. The number of carbonyl (C=O) groups excluding carboxylic acids is 1. The number of nitrogens with one attached hydrogen (secondary N) is 1. The number of benzene rings is 2. The van der Waals surface area contributed by atoms with Gasteiger partial charge in [0.15, 0.2) is 0 Å². The van der Waals surface area contributed by atoms with E-state index in [2.05, 4.69) is 53.5 Å². The van der Waals surface area contributed by atoms with Gasteiger partial charge in [0.2, 0.25) is 5.91 Å². The average molecular weight is 417 g/mol. The zero-order chi connectivity index (χ0) is 19.8. The van der Waals surface area contributed by atoms with Crippen LogP contribution < -0.4 is 5.32 Å². The molecule has 1 N–H and O–H groups in total. The topological polar surface area (TPSA) is 32.3 Å². The van der Waals surface area contributed by atoms with E-state index in [1.807, 2.05) is 23.9 Å². The highest BCUT2D eigenvalue weighted by molar-refractivity contribution is 7.98. The third-order valence-electron chi connectivity index (χ3n) is 5.13. The lowest BCUT2D eigenvalue weighted by molar-refractivity contribution is -0.126. The minimum atomic E-state index is 0.100. The standard InChI is InChI=1S/C23H29ClN2OS/c1-18-4-6-20(7-5-18)17-28-14-12-25-23(27)21-3-2-13-26(16-21)15-19-8-10-22(24)11-9-19/h4-11,21H,2-3,12-17H2,1H3,(H,25,27). The molecule has 1 aliphatic rings. The lowest BCUT2D eigenvalue weighted by Crippen LogP contribution is -2.43. The third kappa shape index (κ3) is 6.84. The Morgan fingerprint density at radius 1 is 1.14 bits per heavy atom.